The quantitative estimate of drug-likeness (QED) is 0.793. The molecule has 1 unspecified atom stereocenters. The summed E-state index contributed by atoms with van der Waals surface area (Å²) in [5.41, 5.74) is 9.24. The number of nitrogens with two attached hydrogens (primary N) is 2. The van der Waals surface area contributed by atoms with Gasteiger partial charge >= 0.3 is 0 Å². The van der Waals surface area contributed by atoms with E-state index in [2.05, 4.69) is 0 Å². The van der Waals surface area contributed by atoms with Gasteiger partial charge in [0.05, 0.1) is 17.1 Å². The molecule has 1 aliphatic rings. The molecule has 1 aliphatic heterocycles. The topological polar surface area (TPSA) is 106 Å². The number of amides is 1. The number of carbonyl (C=O) groups excluding carboxylic acids is 1. The summed E-state index contributed by atoms with van der Waals surface area (Å²) in [6, 6.07) is 3.69. The van der Waals surface area contributed by atoms with Gasteiger partial charge in [0.2, 0.25) is 15.9 Å². The molecule has 0 bridgehead atoms. The second-order valence-corrected chi connectivity index (χ2v) is 7.06. The number of primary sulfonamides is 1. The fraction of sp³-hybridized carbons (Fsp3) is 0.462. The van der Waals surface area contributed by atoms with Crippen molar-refractivity contribution in [3.05, 3.63) is 23.3 Å². The molecule has 1 atom stereocenters. The van der Waals surface area contributed by atoms with Crippen LogP contribution in [0.1, 0.15) is 17.5 Å². The van der Waals surface area contributed by atoms with E-state index in [1.54, 1.807) is 4.90 Å². The van der Waals surface area contributed by atoms with E-state index < -0.39 is 10.0 Å². The van der Waals surface area contributed by atoms with Crippen molar-refractivity contribution in [2.24, 2.45) is 11.1 Å². The summed E-state index contributed by atoms with van der Waals surface area (Å²) in [6.07, 6.45) is 0.183. The van der Waals surface area contributed by atoms with Crippen LogP contribution in [0.2, 0.25) is 0 Å². The SMILES string of the molecule is Cc1cc(N)c(N2CC(CS(N)(=O)=O)CC2=O)cc1C. The third-order valence-corrected chi connectivity index (χ3v) is 4.54. The number of nitrogen functional groups attached to an aromatic ring is 1. The lowest BCUT2D eigenvalue weighted by Gasteiger charge is -2.20. The van der Waals surface area contributed by atoms with Crippen LogP contribution in [0.3, 0.4) is 0 Å². The van der Waals surface area contributed by atoms with Crippen LogP contribution in [0.25, 0.3) is 0 Å². The number of aryl methyl sites for hydroxylation is 2. The van der Waals surface area contributed by atoms with Crippen molar-refractivity contribution >= 4 is 27.3 Å². The third-order valence-electron chi connectivity index (χ3n) is 3.61. The number of hydrogen-bond donors (Lipinski definition) is 2. The van der Waals surface area contributed by atoms with Gasteiger partial charge in [-0.15, -0.1) is 0 Å². The summed E-state index contributed by atoms with van der Waals surface area (Å²) >= 11 is 0. The van der Waals surface area contributed by atoms with Crippen molar-refractivity contribution in [2.45, 2.75) is 20.3 Å². The fourth-order valence-electron chi connectivity index (χ4n) is 2.51. The van der Waals surface area contributed by atoms with Gasteiger partial charge in [0, 0.05) is 18.9 Å². The lowest BCUT2D eigenvalue weighted by Crippen LogP contribution is -2.28. The first-order valence-electron chi connectivity index (χ1n) is 6.35. The van der Waals surface area contributed by atoms with Gasteiger partial charge in [-0.05, 0) is 37.1 Å². The fourth-order valence-corrected chi connectivity index (χ4v) is 3.39. The van der Waals surface area contributed by atoms with E-state index in [1.807, 2.05) is 26.0 Å². The van der Waals surface area contributed by atoms with Crippen molar-refractivity contribution in [1.29, 1.82) is 0 Å². The number of benzene rings is 1. The van der Waals surface area contributed by atoms with Gasteiger partial charge < -0.3 is 10.6 Å². The molecule has 0 radical (unpaired) electrons. The van der Waals surface area contributed by atoms with Gasteiger partial charge in [-0.25, -0.2) is 13.6 Å². The summed E-state index contributed by atoms with van der Waals surface area (Å²) in [6.45, 7) is 4.23. The minimum Gasteiger partial charge on any atom is -0.397 e. The molecule has 1 aromatic rings. The number of nitrogens with zero attached hydrogens (tertiary/aromatic N) is 1. The molecule has 110 valence electrons. The lowest BCUT2D eigenvalue weighted by molar-refractivity contribution is -0.117. The highest BCUT2D eigenvalue weighted by molar-refractivity contribution is 7.89. The molecule has 7 heteroatoms. The van der Waals surface area contributed by atoms with E-state index in [9.17, 15) is 13.2 Å². The molecule has 20 heavy (non-hydrogen) atoms. The van der Waals surface area contributed by atoms with E-state index in [1.165, 1.54) is 0 Å². The highest BCUT2D eigenvalue weighted by Crippen LogP contribution is 2.32. The third kappa shape index (κ3) is 3.10. The molecule has 1 heterocycles. The molecule has 6 nitrogen and oxygen atoms in total. The molecule has 0 saturated carbocycles. The molecule has 2 rings (SSSR count). The lowest BCUT2D eigenvalue weighted by atomic mass is 10.1. The van der Waals surface area contributed by atoms with Crippen molar-refractivity contribution in [2.75, 3.05) is 22.9 Å². The van der Waals surface area contributed by atoms with Gasteiger partial charge in [0.15, 0.2) is 0 Å². The first kappa shape index (κ1) is 14.8. The van der Waals surface area contributed by atoms with Crippen LogP contribution >= 0.6 is 0 Å². The second-order valence-electron chi connectivity index (χ2n) is 5.40. The zero-order valence-electron chi connectivity index (χ0n) is 11.6. The Hall–Kier alpha value is -1.60. The zero-order valence-corrected chi connectivity index (χ0v) is 12.4. The Morgan fingerprint density at radius 2 is 1.90 bits per heavy atom. The average Bonchev–Trinajstić information content (AvgIpc) is 2.62. The Bertz CT molecular complexity index is 655. The summed E-state index contributed by atoms with van der Waals surface area (Å²) in [4.78, 5) is 13.6. The molecule has 1 aromatic carbocycles. The Morgan fingerprint density at radius 3 is 2.50 bits per heavy atom. The van der Waals surface area contributed by atoms with Gasteiger partial charge in [-0.2, -0.15) is 0 Å². The molecule has 0 aromatic heterocycles. The summed E-state index contributed by atoms with van der Waals surface area (Å²) in [5.74, 6) is -0.577. The van der Waals surface area contributed by atoms with Crippen molar-refractivity contribution in [3.63, 3.8) is 0 Å². The zero-order chi connectivity index (χ0) is 15.1. The number of rotatable bonds is 3. The first-order chi connectivity index (χ1) is 9.17. The van der Waals surface area contributed by atoms with Crippen LogP contribution in [0.4, 0.5) is 11.4 Å². The van der Waals surface area contributed by atoms with Gasteiger partial charge in [-0.1, -0.05) is 0 Å². The average molecular weight is 297 g/mol. The van der Waals surface area contributed by atoms with Crippen molar-refractivity contribution in [1.82, 2.24) is 0 Å². The van der Waals surface area contributed by atoms with Crippen molar-refractivity contribution < 1.29 is 13.2 Å². The van der Waals surface area contributed by atoms with E-state index in [-0.39, 0.29) is 24.0 Å². The molecular weight excluding hydrogens is 278 g/mol. The maximum atomic E-state index is 12.1. The monoisotopic (exact) mass is 297 g/mol. The van der Waals surface area contributed by atoms with E-state index in [4.69, 9.17) is 10.9 Å². The van der Waals surface area contributed by atoms with Gasteiger partial charge in [0.25, 0.3) is 0 Å². The van der Waals surface area contributed by atoms with Gasteiger partial charge in [-0.3, -0.25) is 4.79 Å². The largest absolute Gasteiger partial charge is 0.397 e. The van der Waals surface area contributed by atoms with Crippen LogP contribution in [0.5, 0.6) is 0 Å². The standard InChI is InChI=1S/C13H19N3O3S/c1-8-3-11(14)12(4-9(8)2)16-6-10(5-13(16)17)7-20(15,18)19/h3-4,10H,5-7,14H2,1-2H3,(H2,15,18,19). The van der Waals surface area contributed by atoms with Crippen LogP contribution < -0.4 is 15.8 Å². The minimum atomic E-state index is -3.57. The number of hydrogen-bond acceptors (Lipinski definition) is 4. The number of anilines is 2. The second kappa shape index (κ2) is 5.06. The number of sulfonamides is 1. The van der Waals surface area contributed by atoms with Crippen LogP contribution in [0.15, 0.2) is 12.1 Å². The Labute approximate surface area is 118 Å². The van der Waals surface area contributed by atoms with Crippen LogP contribution in [0, 0.1) is 19.8 Å². The maximum absolute atomic E-state index is 12.1. The molecular formula is C13H19N3O3S. The normalized spacial score (nSPS) is 19.6. The molecule has 1 saturated heterocycles. The Balaban J connectivity index is 2.26. The molecule has 1 amide bonds. The van der Waals surface area contributed by atoms with Crippen LogP contribution in [-0.2, 0) is 14.8 Å². The predicted octanol–water partition coefficient (Wildman–Crippen LogP) is 0.527. The highest BCUT2D eigenvalue weighted by Gasteiger charge is 2.33. The van der Waals surface area contributed by atoms with Gasteiger partial charge in [0.1, 0.15) is 0 Å². The Morgan fingerprint density at radius 1 is 1.30 bits per heavy atom. The molecule has 0 spiro atoms. The predicted molar refractivity (Wildman–Crippen MR) is 78.8 cm³/mol. The highest BCUT2D eigenvalue weighted by atomic mass is 32.2. The van der Waals surface area contributed by atoms with E-state index in [0.29, 0.717) is 17.9 Å². The molecule has 1 fully saturated rings. The number of carbonyl (C=O) groups is 1. The summed E-state index contributed by atoms with van der Waals surface area (Å²) in [5, 5.41) is 5.04. The molecule has 4 N–H and O–H groups in total. The maximum Gasteiger partial charge on any atom is 0.227 e. The first-order valence-corrected chi connectivity index (χ1v) is 8.06. The molecule has 0 aliphatic carbocycles. The minimum absolute atomic E-state index is 0.117. The van der Waals surface area contributed by atoms with E-state index >= 15 is 0 Å². The summed E-state index contributed by atoms with van der Waals surface area (Å²) < 4.78 is 22.3. The van der Waals surface area contributed by atoms with Crippen LogP contribution in [-0.4, -0.2) is 26.6 Å². The Kier molecular flexibility index (Phi) is 3.75. The van der Waals surface area contributed by atoms with E-state index in [0.717, 1.165) is 11.1 Å². The van der Waals surface area contributed by atoms with Crippen molar-refractivity contribution in [3.8, 4) is 0 Å². The smallest absolute Gasteiger partial charge is 0.227 e. The summed E-state index contributed by atoms with van der Waals surface area (Å²) in [7, 11) is -3.57.